The minimum absolute atomic E-state index is 0.388. The first-order valence-corrected chi connectivity index (χ1v) is 9.95. The van der Waals surface area contributed by atoms with E-state index in [0.29, 0.717) is 41.8 Å². The molecule has 5 nitrogen and oxygen atoms in total. The minimum atomic E-state index is 0.388. The Morgan fingerprint density at radius 2 is 1.83 bits per heavy atom. The Bertz CT molecular complexity index is 1040. The number of rotatable bonds is 9. The minimum Gasteiger partial charge on any atom is -0.490 e. The van der Waals surface area contributed by atoms with Crippen molar-refractivity contribution in [1.29, 1.82) is 5.26 Å². The average molecular weight is 420 g/mol. The molecule has 3 aromatic rings. The highest BCUT2D eigenvalue weighted by atomic mass is 35.5. The van der Waals surface area contributed by atoms with E-state index in [1.54, 1.807) is 18.3 Å². The molecule has 0 amide bonds. The van der Waals surface area contributed by atoms with Crippen molar-refractivity contribution in [2.75, 3.05) is 6.61 Å². The van der Waals surface area contributed by atoms with E-state index >= 15 is 0 Å². The van der Waals surface area contributed by atoms with E-state index in [1.165, 1.54) is 0 Å². The van der Waals surface area contributed by atoms with Gasteiger partial charge in [-0.05, 0) is 60.0 Å². The van der Waals surface area contributed by atoms with Crippen molar-refractivity contribution in [3.8, 4) is 17.6 Å². The SMILES string of the molecule is CCOc1cc(/C=N\NCc2ccccc2Cl)ccc1OCc1ccc(C#N)cc1. The fraction of sp³-hybridized carbons (Fsp3) is 0.167. The molecule has 152 valence electrons. The lowest BCUT2D eigenvalue weighted by molar-refractivity contribution is 0.269. The second kappa shape index (κ2) is 10.9. The van der Waals surface area contributed by atoms with Gasteiger partial charge in [0.1, 0.15) is 6.61 Å². The van der Waals surface area contributed by atoms with Gasteiger partial charge in [0.2, 0.25) is 0 Å². The monoisotopic (exact) mass is 419 g/mol. The van der Waals surface area contributed by atoms with Gasteiger partial charge in [0.25, 0.3) is 0 Å². The maximum Gasteiger partial charge on any atom is 0.161 e. The zero-order chi connectivity index (χ0) is 21.2. The van der Waals surface area contributed by atoms with Crippen LogP contribution in [0.2, 0.25) is 5.02 Å². The first-order valence-electron chi connectivity index (χ1n) is 9.57. The van der Waals surface area contributed by atoms with Crippen LogP contribution in [0.1, 0.15) is 29.2 Å². The molecular weight excluding hydrogens is 398 g/mol. The highest BCUT2D eigenvalue weighted by Gasteiger charge is 2.07. The van der Waals surface area contributed by atoms with Gasteiger partial charge in [-0.2, -0.15) is 10.4 Å². The number of nitriles is 1. The molecule has 0 spiro atoms. The van der Waals surface area contributed by atoms with Crippen molar-refractivity contribution in [1.82, 2.24) is 5.43 Å². The molecule has 0 heterocycles. The Kier molecular flexibility index (Phi) is 7.71. The number of nitrogens with zero attached hydrogens (tertiary/aromatic N) is 2. The van der Waals surface area contributed by atoms with Crippen LogP contribution in [0.4, 0.5) is 0 Å². The van der Waals surface area contributed by atoms with Crippen LogP contribution < -0.4 is 14.9 Å². The molecule has 6 heteroatoms. The lowest BCUT2D eigenvalue weighted by Gasteiger charge is -2.12. The van der Waals surface area contributed by atoms with Crippen molar-refractivity contribution in [2.24, 2.45) is 5.10 Å². The lowest BCUT2D eigenvalue weighted by atomic mass is 10.1. The summed E-state index contributed by atoms with van der Waals surface area (Å²) in [6, 6.07) is 22.7. The first-order chi connectivity index (χ1) is 14.7. The third kappa shape index (κ3) is 6.00. The maximum absolute atomic E-state index is 8.89. The zero-order valence-corrected chi connectivity index (χ0v) is 17.4. The summed E-state index contributed by atoms with van der Waals surface area (Å²) < 4.78 is 11.6. The van der Waals surface area contributed by atoms with Crippen LogP contribution in [-0.2, 0) is 13.2 Å². The third-order valence-corrected chi connectivity index (χ3v) is 4.65. The van der Waals surface area contributed by atoms with Crippen LogP contribution >= 0.6 is 11.6 Å². The average Bonchev–Trinajstić information content (AvgIpc) is 2.78. The van der Waals surface area contributed by atoms with Gasteiger partial charge in [-0.25, -0.2) is 0 Å². The van der Waals surface area contributed by atoms with E-state index in [2.05, 4.69) is 16.6 Å². The van der Waals surface area contributed by atoms with Crippen molar-refractivity contribution in [2.45, 2.75) is 20.1 Å². The molecule has 0 radical (unpaired) electrons. The molecule has 30 heavy (non-hydrogen) atoms. The first kappa shape index (κ1) is 21.2. The predicted octanol–water partition coefficient (Wildman–Crippen LogP) is 5.31. The summed E-state index contributed by atoms with van der Waals surface area (Å²) in [5.41, 5.74) is 6.48. The summed E-state index contributed by atoms with van der Waals surface area (Å²) >= 11 is 6.15. The summed E-state index contributed by atoms with van der Waals surface area (Å²) in [5, 5.41) is 13.9. The molecule has 3 aromatic carbocycles. The Morgan fingerprint density at radius 3 is 2.57 bits per heavy atom. The fourth-order valence-corrected chi connectivity index (χ4v) is 2.92. The highest BCUT2D eigenvalue weighted by Crippen LogP contribution is 2.29. The molecular formula is C24H22ClN3O2. The second-order valence-electron chi connectivity index (χ2n) is 6.42. The van der Waals surface area contributed by atoms with Crippen molar-refractivity contribution in [3.05, 3.63) is 94.0 Å². The molecule has 1 N–H and O–H groups in total. The van der Waals surface area contributed by atoms with Crippen LogP contribution in [0.3, 0.4) is 0 Å². The number of benzene rings is 3. The predicted molar refractivity (Wildman–Crippen MR) is 119 cm³/mol. The van der Waals surface area contributed by atoms with Crippen molar-refractivity contribution >= 4 is 17.8 Å². The highest BCUT2D eigenvalue weighted by molar-refractivity contribution is 6.31. The Morgan fingerprint density at radius 1 is 1.03 bits per heavy atom. The molecule has 0 aromatic heterocycles. The molecule has 0 unspecified atom stereocenters. The van der Waals surface area contributed by atoms with Crippen LogP contribution in [-0.4, -0.2) is 12.8 Å². The van der Waals surface area contributed by atoms with Gasteiger partial charge in [0, 0.05) is 5.02 Å². The number of hydrazone groups is 1. The molecule has 0 aliphatic carbocycles. The topological polar surface area (TPSA) is 66.6 Å². The zero-order valence-electron chi connectivity index (χ0n) is 16.6. The smallest absolute Gasteiger partial charge is 0.161 e. The molecule has 3 rings (SSSR count). The van der Waals surface area contributed by atoms with Gasteiger partial charge in [-0.1, -0.05) is 41.9 Å². The fourth-order valence-electron chi connectivity index (χ4n) is 2.72. The summed E-state index contributed by atoms with van der Waals surface area (Å²) in [4.78, 5) is 0. The maximum atomic E-state index is 8.89. The largest absolute Gasteiger partial charge is 0.490 e. The van der Waals surface area contributed by atoms with Gasteiger partial charge in [-0.3, -0.25) is 0 Å². The summed E-state index contributed by atoms with van der Waals surface area (Å²) in [6.45, 7) is 3.38. The molecule has 0 fully saturated rings. The van der Waals surface area contributed by atoms with Crippen LogP contribution in [0.5, 0.6) is 11.5 Å². The van der Waals surface area contributed by atoms with Gasteiger partial charge in [0.05, 0.1) is 31.0 Å². The van der Waals surface area contributed by atoms with Crippen LogP contribution in [0, 0.1) is 11.3 Å². The molecule has 0 bridgehead atoms. The van der Waals surface area contributed by atoms with E-state index in [0.717, 1.165) is 16.7 Å². The van der Waals surface area contributed by atoms with Crippen molar-refractivity contribution in [3.63, 3.8) is 0 Å². The molecule has 0 aliphatic rings. The summed E-state index contributed by atoms with van der Waals surface area (Å²) in [7, 11) is 0. The van der Waals surface area contributed by atoms with Gasteiger partial charge in [0.15, 0.2) is 11.5 Å². The van der Waals surface area contributed by atoms with E-state index in [9.17, 15) is 0 Å². The Hall–Kier alpha value is -3.49. The third-order valence-electron chi connectivity index (χ3n) is 4.28. The van der Waals surface area contributed by atoms with E-state index in [1.807, 2.05) is 61.5 Å². The number of nitrogens with one attached hydrogen (secondary N) is 1. The lowest BCUT2D eigenvalue weighted by Crippen LogP contribution is -2.06. The van der Waals surface area contributed by atoms with Gasteiger partial charge >= 0.3 is 0 Å². The van der Waals surface area contributed by atoms with E-state index < -0.39 is 0 Å². The number of halogens is 1. The standard InChI is InChI=1S/C24H22ClN3O2/c1-2-29-24-13-20(15-27-28-16-21-5-3-4-6-22(21)25)11-12-23(24)30-17-19-9-7-18(14-26)8-10-19/h3-13,15,28H,2,16-17H2,1H3/b27-15-. The molecule has 0 saturated heterocycles. The molecule has 0 saturated carbocycles. The Balaban J connectivity index is 1.62. The Labute approximate surface area is 181 Å². The quantitative estimate of drug-likeness (QED) is 0.377. The van der Waals surface area contributed by atoms with Crippen LogP contribution in [0.15, 0.2) is 71.8 Å². The normalized spacial score (nSPS) is 10.6. The van der Waals surface area contributed by atoms with E-state index in [4.69, 9.17) is 26.3 Å². The number of hydrogen-bond donors (Lipinski definition) is 1. The summed E-state index contributed by atoms with van der Waals surface area (Å²) in [6.07, 6.45) is 1.73. The number of ether oxygens (including phenoxy) is 2. The molecule has 0 aliphatic heterocycles. The molecule has 0 atom stereocenters. The van der Waals surface area contributed by atoms with E-state index in [-0.39, 0.29) is 0 Å². The van der Waals surface area contributed by atoms with Crippen molar-refractivity contribution < 1.29 is 9.47 Å². The van der Waals surface area contributed by atoms with Crippen LogP contribution in [0.25, 0.3) is 0 Å². The second-order valence-corrected chi connectivity index (χ2v) is 6.83. The van der Waals surface area contributed by atoms with Gasteiger partial charge < -0.3 is 14.9 Å². The number of hydrogen-bond acceptors (Lipinski definition) is 5. The summed E-state index contributed by atoms with van der Waals surface area (Å²) in [5.74, 6) is 1.31. The van der Waals surface area contributed by atoms with Gasteiger partial charge in [-0.15, -0.1) is 0 Å².